The third-order valence-electron chi connectivity index (χ3n) is 2.82. The van der Waals surface area contributed by atoms with Gasteiger partial charge in [0.2, 0.25) is 0 Å². The molecular formula is C12H12N4. The van der Waals surface area contributed by atoms with Crippen molar-refractivity contribution < 1.29 is 0 Å². The summed E-state index contributed by atoms with van der Waals surface area (Å²) in [5.41, 5.74) is 2.63. The molecule has 0 atom stereocenters. The van der Waals surface area contributed by atoms with Crippen molar-refractivity contribution in [2.75, 3.05) is 0 Å². The maximum atomic E-state index is 4.46. The fourth-order valence-corrected chi connectivity index (χ4v) is 2.05. The molecule has 3 aromatic heterocycles. The van der Waals surface area contributed by atoms with Crippen LogP contribution in [0, 0.1) is 6.92 Å². The zero-order valence-electron chi connectivity index (χ0n) is 9.31. The van der Waals surface area contributed by atoms with Gasteiger partial charge in [-0.25, -0.2) is 15.0 Å². The molecule has 16 heavy (non-hydrogen) atoms. The highest BCUT2D eigenvalue weighted by Gasteiger charge is 2.08. The fourth-order valence-electron chi connectivity index (χ4n) is 2.05. The van der Waals surface area contributed by atoms with Crippen LogP contribution in [0.2, 0.25) is 0 Å². The monoisotopic (exact) mass is 212 g/mol. The average Bonchev–Trinajstić information content (AvgIpc) is 2.60. The molecule has 0 aromatic carbocycles. The predicted molar refractivity (Wildman–Crippen MR) is 63.2 cm³/mol. The first-order chi connectivity index (χ1) is 7.79. The minimum Gasteiger partial charge on any atom is -0.327 e. The number of fused-ring (bicyclic) bond motifs is 2. The van der Waals surface area contributed by atoms with Gasteiger partial charge in [0.1, 0.15) is 5.82 Å². The van der Waals surface area contributed by atoms with Gasteiger partial charge in [-0.1, -0.05) is 0 Å². The number of aryl methyl sites for hydroxylation is 2. The molecule has 0 aliphatic heterocycles. The van der Waals surface area contributed by atoms with E-state index in [0.29, 0.717) is 0 Å². The summed E-state index contributed by atoms with van der Waals surface area (Å²) >= 11 is 0. The zero-order valence-corrected chi connectivity index (χ0v) is 9.31. The fraction of sp³-hybridized carbons (Fsp3) is 0.250. The van der Waals surface area contributed by atoms with Crippen LogP contribution in [0.4, 0.5) is 0 Å². The number of rotatable bonds is 1. The van der Waals surface area contributed by atoms with E-state index in [2.05, 4.69) is 32.5 Å². The summed E-state index contributed by atoms with van der Waals surface area (Å²) < 4.78 is 2.16. The smallest absolute Gasteiger partial charge is 0.180 e. The van der Waals surface area contributed by atoms with Crippen LogP contribution in [-0.2, 0) is 6.54 Å². The number of hydrogen-bond donors (Lipinski definition) is 0. The molecule has 3 aromatic rings. The normalized spacial score (nSPS) is 11.4. The van der Waals surface area contributed by atoms with Crippen molar-refractivity contribution >= 4 is 22.2 Å². The van der Waals surface area contributed by atoms with Gasteiger partial charge in [-0.3, -0.25) is 0 Å². The highest BCUT2D eigenvalue weighted by atomic mass is 15.1. The van der Waals surface area contributed by atoms with E-state index in [4.69, 9.17) is 0 Å². The Bertz CT molecular complexity index is 669. The Kier molecular flexibility index (Phi) is 1.89. The Morgan fingerprint density at radius 3 is 2.94 bits per heavy atom. The second kappa shape index (κ2) is 3.27. The number of aromatic nitrogens is 4. The maximum absolute atomic E-state index is 4.46. The molecule has 0 radical (unpaired) electrons. The van der Waals surface area contributed by atoms with Crippen molar-refractivity contribution in [3.8, 4) is 0 Å². The maximum Gasteiger partial charge on any atom is 0.180 e. The van der Waals surface area contributed by atoms with Crippen molar-refractivity contribution in [1.29, 1.82) is 0 Å². The first-order valence-corrected chi connectivity index (χ1v) is 5.38. The molecule has 4 nitrogen and oxygen atoms in total. The van der Waals surface area contributed by atoms with Gasteiger partial charge in [-0.15, -0.1) is 0 Å². The second-order valence-corrected chi connectivity index (χ2v) is 3.78. The summed E-state index contributed by atoms with van der Waals surface area (Å²) in [4.78, 5) is 13.1. The van der Waals surface area contributed by atoms with Gasteiger partial charge in [0.05, 0.1) is 5.52 Å². The molecule has 0 N–H and O–H groups in total. The molecule has 0 spiro atoms. The lowest BCUT2D eigenvalue weighted by atomic mass is 10.3. The van der Waals surface area contributed by atoms with Crippen LogP contribution in [0.15, 0.2) is 24.4 Å². The van der Waals surface area contributed by atoms with Gasteiger partial charge >= 0.3 is 0 Å². The van der Waals surface area contributed by atoms with Crippen LogP contribution >= 0.6 is 0 Å². The van der Waals surface area contributed by atoms with E-state index in [1.165, 1.54) is 0 Å². The van der Waals surface area contributed by atoms with Crippen LogP contribution < -0.4 is 0 Å². The minimum atomic E-state index is 0.760. The molecular weight excluding hydrogens is 200 g/mol. The topological polar surface area (TPSA) is 43.6 Å². The summed E-state index contributed by atoms with van der Waals surface area (Å²) in [5, 5.41) is 1.06. The minimum absolute atomic E-state index is 0.760. The molecule has 0 amide bonds. The second-order valence-electron chi connectivity index (χ2n) is 3.78. The summed E-state index contributed by atoms with van der Waals surface area (Å²) in [6.07, 6.45) is 1.75. The standard InChI is InChI=1S/C12H12N4/c1-3-16-8(2)14-12-10(16)7-9-5-4-6-13-11(9)15-12/h4-7H,3H2,1-2H3. The van der Waals surface area contributed by atoms with E-state index in [9.17, 15) is 0 Å². The van der Waals surface area contributed by atoms with Crippen molar-refractivity contribution in [3.63, 3.8) is 0 Å². The summed E-state index contributed by atoms with van der Waals surface area (Å²) in [6, 6.07) is 6.06. The van der Waals surface area contributed by atoms with Crippen LogP contribution in [0.1, 0.15) is 12.7 Å². The SMILES string of the molecule is CCn1c(C)nc2nc3ncccc3cc21. The highest BCUT2D eigenvalue weighted by molar-refractivity contribution is 5.87. The highest BCUT2D eigenvalue weighted by Crippen LogP contribution is 2.18. The predicted octanol–water partition coefficient (Wildman–Crippen LogP) is 2.31. The van der Waals surface area contributed by atoms with E-state index >= 15 is 0 Å². The van der Waals surface area contributed by atoms with Crippen LogP contribution in [0.25, 0.3) is 22.2 Å². The van der Waals surface area contributed by atoms with E-state index < -0.39 is 0 Å². The Hall–Kier alpha value is -1.97. The van der Waals surface area contributed by atoms with Crippen LogP contribution in [0.3, 0.4) is 0 Å². The van der Waals surface area contributed by atoms with Gasteiger partial charge in [-0.05, 0) is 32.0 Å². The number of pyridine rings is 2. The van der Waals surface area contributed by atoms with E-state index in [1.54, 1.807) is 6.20 Å². The molecule has 0 saturated carbocycles. The number of nitrogens with zero attached hydrogens (tertiary/aromatic N) is 4. The van der Waals surface area contributed by atoms with Gasteiger partial charge in [0, 0.05) is 18.1 Å². The molecule has 0 aliphatic rings. The summed E-state index contributed by atoms with van der Waals surface area (Å²) in [7, 11) is 0. The Balaban J connectivity index is 2.46. The van der Waals surface area contributed by atoms with E-state index in [-0.39, 0.29) is 0 Å². The lowest BCUT2D eigenvalue weighted by Crippen LogP contribution is -1.96. The van der Waals surface area contributed by atoms with Crippen LogP contribution in [-0.4, -0.2) is 19.5 Å². The Morgan fingerprint density at radius 2 is 2.12 bits per heavy atom. The largest absolute Gasteiger partial charge is 0.327 e. The molecule has 4 heteroatoms. The molecule has 3 rings (SSSR count). The lowest BCUT2D eigenvalue weighted by molar-refractivity contribution is 0.753. The molecule has 0 saturated heterocycles. The third-order valence-corrected chi connectivity index (χ3v) is 2.82. The molecule has 0 unspecified atom stereocenters. The van der Waals surface area contributed by atoms with Crippen molar-refractivity contribution in [1.82, 2.24) is 19.5 Å². The molecule has 0 fully saturated rings. The summed E-state index contributed by atoms with van der Waals surface area (Å²) in [5.74, 6) is 1.00. The van der Waals surface area contributed by atoms with Gasteiger partial charge in [0.15, 0.2) is 11.3 Å². The van der Waals surface area contributed by atoms with Gasteiger partial charge < -0.3 is 4.57 Å². The summed E-state index contributed by atoms with van der Waals surface area (Å²) in [6.45, 7) is 5.03. The average molecular weight is 212 g/mol. The van der Waals surface area contributed by atoms with E-state index in [1.807, 2.05) is 19.1 Å². The molecule has 0 aliphatic carbocycles. The number of hydrogen-bond acceptors (Lipinski definition) is 3. The van der Waals surface area contributed by atoms with E-state index in [0.717, 1.165) is 34.6 Å². The quantitative estimate of drug-likeness (QED) is 0.621. The molecule has 3 heterocycles. The first-order valence-electron chi connectivity index (χ1n) is 5.38. The third kappa shape index (κ3) is 1.19. The molecule has 80 valence electrons. The van der Waals surface area contributed by atoms with Gasteiger partial charge in [-0.2, -0.15) is 0 Å². The van der Waals surface area contributed by atoms with Crippen molar-refractivity contribution in [2.45, 2.75) is 20.4 Å². The van der Waals surface area contributed by atoms with Crippen molar-refractivity contribution in [2.24, 2.45) is 0 Å². The number of imidazole rings is 1. The Morgan fingerprint density at radius 1 is 1.25 bits per heavy atom. The first kappa shape index (κ1) is 9.27. The zero-order chi connectivity index (χ0) is 11.1. The Labute approximate surface area is 93.0 Å². The van der Waals surface area contributed by atoms with Crippen molar-refractivity contribution in [3.05, 3.63) is 30.2 Å². The van der Waals surface area contributed by atoms with Gasteiger partial charge in [0.25, 0.3) is 0 Å². The lowest BCUT2D eigenvalue weighted by Gasteiger charge is -2.01. The molecule has 0 bridgehead atoms. The van der Waals surface area contributed by atoms with Crippen LogP contribution in [0.5, 0.6) is 0 Å².